The maximum Gasteiger partial charge on any atom is 0.235 e. The molecular weight excluding hydrogens is 681 g/mol. The lowest BCUT2D eigenvalue weighted by atomic mass is 9.99. The second-order valence-corrected chi connectivity index (χ2v) is 14.2. The van der Waals surface area contributed by atoms with Gasteiger partial charge in [-0.25, -0.2) is 9.97 Å². The summed E-state index contributed by atoms with van der Waals surface area (Å²) in [5.41, 5.74) is 14.1. The molecule has 0 fully saturated rings. The lowest BCUT2D eigenvalue weighted by molar-refractivity contribution is 0.995. The normalized spacial score (nSPS) is 11.6. The number of hydrogen-bond donors (Lipinski definition) is 0. The molecule has 0 radical (unpaired) electrons. The highest BCUT2D eigenvalue weighted by Gasteiger charge is 2.23. The lowest BCUT2D eigenvalue weighted by Gasteiger charge is -2.14. The molecule has 0 unspecified atom stereocenters. The van der Waals surface area contributed by atoms with Crippen molar-refractivity contribution in [2.45, 2.75) is 0 Å². The van der Waals surface area contributed by atoms with E-state index >= 15 is 0 Å². The van der Waals surface area contributed by atoms with E-state index in [2.05, 4.69) is 203 Å². The van der Waals surface area contributed by atoms with Gasteiger partial charge in [-0.2, -0.15) is 0 Å². The van der Waals surface area contributed by atoms with Crippen molar-refractivity contribution in [1.82, 2.24) is 19.1 Å². The highest BCUT2D eigenvalue weighted by molar-refractivity contribution is 6.23. The molecule has 262 valence electrons. The number of para-hydroxylation sites is 2. The van der Waals surface area contributed by atoms with Gasteiger partial charge in [-0.05, 0) is 58.7 Å². The molecule has 4 heteroatoms. The third-order valence-electron chi connectivity index (χ3n) is 11.0. The SMILES string of the molecule is c1ccc(-c2cccc(-c3ccc(-n4c5ccccc5c5ccc6c7ccccc7n(-c7nc(-c8ccccc8)cc(-c8ccccc8)n7)c6c54)cc3)c2)cc1. The standard InChI is InChI=1S/C52H34N4/c1-4-15-35(16-5-1)39-21-14-22-40(33-39)36-27-29-41(30-28-36)55-48-25-12-10-23-42(48)44-31-32-45-43-24-11-13-26-49(43)56(51(45)50(44)55)52-53-46(37-17-6-2-7-18-37)34-47(54-52)38-19-8-3-9-20-38/h1-34H. The van der Waals surface area contributed by atoms with Gasteiger partial charge in [0.15, 0.2) is 0 Å². The number of rotatable bonds is 6. The van der Waals surface area contributed by atoms with E-state index in [-0.39, 0.29) is 0 Å². The predicted octanol–water partition coefficient (Wildman–Crippen LogP) is 13.3. The molecule has 0 aliphatic carbocycles. The third-order valence-corrected chi connectivity index (χ3v) is 11.0. The lowest BCUT2D eigenvalue weighted by Crippen LogP contribution is -2.05. The van der Waals surface area contributed by atoms with Crippen LogP contribution in [0.5, 0.6) is 0 Å². The Hall–Kier alpha value is -7.56. The van der Waals surface area contributed by atoms with Crippen LogP contribution < -0.4 is 0 Å². The van der Waals surface area contributed by atoms with Crippen LogP contribution in [0, 0.1) is 0 Å². The summed E-state index contributed by atoms with van der Waals surface area (Å²) in [5.74, 6) is 0.634. The van der Waals surface area contributed by atoms with Gasteiger partial charge in [0.25, 0.3) is 0 Å². The summed E-state index contributed by atoms with van der Waals surface area (Å²) in [6.07, 6.45) is 0. The minimum absolute atomic E-state index is 0.634. The zero-order valence-electron chi connectivity index (χ0n) is 30.4. The van der Waals surface area contributed by atoms with Crippen molar-refractivity contribution in [2.75, 3.05) is 0 Å². The zero-order valence-corrected chi connectivity index (χ0v) is 30.4. The molecule has 0 amide bonds. The minimum Gasteiger partial charge on any atom is -0.307 e. The van der Waals surface area contributed by atoms with Crippen molar-refractivity contribution in [3.63, 3.8) is 0 Å². The fourth-order valence-electron chi connectivity index (χ4n) is 8.34. The highest BCUT2D eigenvalue weighted by atomic mass is 15.2. The van der Waals surface area contributed by atoms with Crippen LogP contribution in [0.4, 0.5) is 0 Å². The van der Waals surface area contributed by atoms with E-state index in [0.717, 1.165) is 61.0 Å². The first kappa shape index (κ1) is 31.9. The number of aromatic nitrogens is 4. The van der Waals surface area contributed by atoms with Crippen LogP contribution in [0.1, 0.15) is 0 Å². The van der Waals surface area contributed by atoms with Gasteiger partial charge in [-0.3, -0.25) is 4.57 Å². The van der Waals surface area contributed by atoms with Gasteiger partial charge < -0.3 is 4.57 Å². The first-order chi connectivity index (χ1) is 27.8. The van der Waals surface area contributed by atoms with Gasteiger partial charge in [0.2, 0.25) is 5.95 Å². The van der Waals surface area contributed by atoms with Crippen LogP contribution in [0.3, 0.4) is 0 Å². The van der Waals surface area contributed by atoms with Gasteiger partial charge in [0.05, 0.1) is 33.5 Å². The Bertz CT molecular complexity index is 3160. The van der Waals surface area contributed by atoms with Gasteiger partial charge >= 0.3 is 0 Å². The van der Waals surface area contributed by atoms with Crippen LogP contribution in [0.25, 0.3) is 100 Å². The van der Waals surface area contributed by atoms with Crippen molar-refractivity contribution >= 4 is 43.6 Å². The predicted molar refractivity (Wildman–Crippen MR) is 232 cm³/mol. The van der Waals surface area contributed by atoms with Crippen molar-refractivity contribution in [3.8, 4) is 56.4 Å². The van der Waals surface area contributed by atoms with Crippen molar-refractivity contribution in [1.29, 1.82) is 0 Å². The highest BCUT2D eigenvalue weighted by Crippen LogP contribution is 2.42. The Labute approximate surface area is 324 Å². The average molecular weight is 715 g/mol. The number of hydrogen-bond acceptors (Lipinski definition) is 2. The van der Waals surface area contributed by atoms with Gasteiger partial charge in [-0.1, -0.05) is 170 Å². The van der Waals surface area contributed by atoms with E-state index in [1.807, 2.05) is 12.1 Å². The average Bonchev–Trinajstić information content (AvgIpc) is 3.80. The van der Waals surface area contributed by atoms with Gasteiger partial charge in [0.1, 0.15) is 0 Å². The summed E-state index contributed by atoms with van der Waals surface area (Å²) < 4.78 is 4.70. The molecule has 3 aromatic heterocycles. The summed E-state index contributed by atoms with van der Waals surface area (Å²) in [6, 6.07) is 73.2. The van der Waals surface area contributed by atoms with Gasteiger partial charge in [0, 0.05) is 38.4 Å². The zero-order chi connectivity index (χ0) is 37.0. The molecule has 0 atom stereocenters. The molecule has 8 aromatic carbocycles. The van der Waals surface area contributed by atoms with E-state index in [4.69, 9.17) is 9.97 Å². The van der Waals surface area contributed by atoms with E-state index in [9.17, 15) is 0 Å². The summed E-state index contributed by atoms with van der Waals surface area (Å²) in [6.45, 7) is 0. The molecule has 0 spiro atoms. The Balaban J connectivity index is 1.18. The van der Waals surface area contributed by atoms with E-state index in [1.54, 1.807) is 0 Å². The molecule has 3 heterocycles. The summed E-state index contributed by atoms with van der Waals surface area (Å²) in [4.78, 5) is 10.7. The second-order valence-electron chi connectivity index (χ2n) is 14.2. The molecule has 0 aliphatic rings. The van der Waals surface area contributed by atoms with Crippen LogP contribution in [-0.2, 0) is 0 Å². The Kier molecular flexibility index (Phi) is 7.46. The van der Waals surface area contributed by atoms with E-state index in [1.165, 1.54) is 33.0 Å². The molecule has 56 heavy (non-hydrogen) atoms. The largest absolute Gasteiger partial charge is 0.307 e. The smallest absolute Gasteiger partial charge is 0.235 e. The Morgan fingerprint density at radius 3 is 1.27 bits per heavy atom. The Morgan fingerprint density at radius 1 is 0.286 bits per heavy atom. The van der Waals surface area contributed by atoms with Crippen LogP contribution in [0.2, 0.25) is 0 Å². The topological polar surface area (TPSA) is 35.6 Å². The fraction of sp³-hybridized carbons (Fsp3) is 0. The second kappa shape index (κ2) is 13.1. The molecule has 0 bridgehead atoms. The third kappa shape index (κ3) is 5.23. The number of benzene rings is 8. The fourth-order valence-corrected chi connectivity index (χ4v) is 8.34. The van der Waals surface area contributed by atoms with E-state index in [0.29, 0.717) is 5.95 Å². The molecule has 0 saturated carbocycles. The van der Waals surface area contributed by atoms with Crippen molar-refractivity contribution in [3.05, 3.63) is 206 Å². The molecular formula is C52H34N4. The van der Waals surface area contributed by atoms with Crippen molar-refractivity contribution in [2.24, 2.45) is 0 Å². The molecule has 0 N–H and O–H groups in total. The summed E-state index contributed by atoms with van der Waals surface area (Å²) >= 11 is 0. The molecule has 11 aromatic rings. The van der Waals surface area contributed by atoms with Crippen LogP contribution >= 0.6 is 0 Å². The summed E-state index contributed by atoms with van der Waals surface area (Å²) in [7, 11) is 0. The van der Waals surface area contributed by atoms with Gasteiger partial charge in [-0.15, -0.1) is 0 Å². The van der Waals surface area contributed by atoms with E-state index < -0.39 is 0 Å². The Morgan fingerprint density at radius 2 is 0.714 bits per heavy atom. The molecule has 0 aliphatic heterocycles. The maximum atomic E-state index is 5.35. The maximum absolute atomic E-state index is 5.35. The molecule has 0 saturated heterocycles. The van der Waals surface area contributed by atoms with Crippen LogP contribution in [0.15, 0.2) is 206 Å². The summed E-state index contributed by atoms with van der Waals surface area (Å²) in [5, 5.41) is 4.69. The number of nitrogens with zero attached hydrogens (tertiary/aromatic N) is 4. The minimum atomic E-state index is 0.634. The first-order valence-electron chi connectivity index (χ1n) is 19.0. The monoisotopic (exact) mass is 714 g/mol. The first-order valence-corrected chi connectivity index (χ1v) is 19.0. The quantitative estimate of drug-likeness (QED) is 0.172. The number of fused-ring (bicyclic) bond motifs is 7. The molecule has 11 rings (SSSR count). The van der Waals surface area contributed by atoms with Crippen molar-refractivity contribution < 1.29 is 0 Å². The van der Waals surface area contributed by atoms with Crippen LogP contribution in [-0.4, -0.2) is 19.1 Å². The molecule has 4 nitrogen and oxygen atoms in total.